The van der Waals surface area contributed by atoms with E-state index in [2.05, 4.69) is 42.6 Å². The predicted octanol–water partition coefficient (Wildman–Crippen LogP) is 4.89. The normalized spacial score (nSPS) is 12.9. The van der Waals surface area contributed by atoms with Crippen molar-refractivity contribution >= 4 is 5.97 Å². The summed E-state index contributed by atoms with van der Waals surface area (Å²) in [4.78, 5) is 11.1. The van der Waals surface area contributed by atoms with E-state index in [9.17, 15) is 15.0 Å². The van der Waals surface area contributed by atoms with Crippen molar-refractivity contribution < 1.29 is 24.5 Å². The molecule has 2 aromatic rings. The Hall–Kier alpha value is -2.25. The summed E-state index contributed by atoms with van der Waals surface area (Å²) in [6.45, 7) is 6.26. The first-order valence-corrected chi connectivity index (χ1v) is 12.4. The van der Waals surface area contributed by atoms with Crippen LogP contribution >= 0.6 is 0 Å². The number of esters is 1. The molecule has 0 aromatic heterocycles. The molecule has 0 aliphatic heterocycles. The van der Waals surface area contributed by atoms with Gasteiger partial charge in [0.1, 0.15) is 5.75 Å². The van der Waals surface area contributed by atoms with E-state index in [1.807, 2.05) is 0 Å². The lowest BCUT2D eigenvalue weighted by Crippen LogP contribution is -2.22. The molecular weight excluding hydrogens is 430 g/mol. The van der Waals surface area contributed by atoms with E-state index in [-0.39, 0.29) is 6.61 Å². The van der Waals surface area contributed by atoms with Crippen molar-refractivity contribution in [2.24, 2.45) is 0 Å². The Morgan fingerprint density at radius 3 is 2.44 bits per heavy atom. The topological polar surface area (TPSA) is 88.0 Å². The van der Waals surface area contributed by atoms with Gasteiger partial charge in [0.25, 0.3) is 0 Å². The number of aliphatic hydroxyl groups is 2. The number of ether oxygens (including phenoxy) is 2. The summed E-state index contributed by atoms with van der Waals surface area (Å²) in [7, 11) is 0. The van der Waals surface area contributed by atoms with Crippen molar-refractivity contribution in [2.45, 2.75) is 71.0 Å². The average molecular weight is 472 g/mol. The van der Waals surface area contributed by atoms with Crippen LogP contribution in [-0.2, 0) is 16.1 Å². The first-order valence-electron chi connectivity index (χ1n) is 12.4. The Labute approximate surface area is 204 Å². The third-order valence-corrected chi connectivity index (χ3v) is 5.92. The second-order valence-electron chi connectivity index (χ2n) is 8.82. The van der Waals surface area contributed by atoms with Crippen LogP contribution < -0.4 is 10.1 Å². The van der Waals surface area contributed by atoms with E-state index in [0.29, 0.717) is 29.3 Å². The van der Waals surface area contributed by atoms with Crippen LogP contribution in [0.4, 0.5) is 0 Å². The van der Waals surface area contributed by atoms with Gasteiger partial charge in [-0.3, -0.25) is 4.79 Å². The molecule has 0 amide bonds. The van der Waals surface area contributed by atoms with Crippen LogP contribution in [0.2, 0.25) is 0 Å². The minimum Gasteiger partial charge on any atom is -0.426 e. The highest BCUT2D eigenvalue weighted by Crippen LogP contribution is 2.24. The third kappa shape index (κ3) is 10.8. The van der Waals surface area contributed by atoms with Crippen LogP contribution in [0, 0.1) is 0 Å². The first-order chi connectivity index (χ1) is 16.5. The van der Waals surface area contributed by atoms with Crippen molar-refractivity contribution in [3.63, 3.8) is 0 Å². The van der Waals surface area contributed by atoms with Gasteiger partial charge in [-0.05, 0) is 61.4 Å². The zero-order chi connectivity index (χ0) is 24.6. The SMILES string of the molecule is CC(=O)Oc1ccc(C(O)CNCCCCCCOCCCC(C)c2ccccc2)cc1CO. The Bertz CT molecular complexity index is 827. The standard InChI is InChI=1S/C28H41NO5/c1-22(24-12-6-5-7-13-24)11-10-18-33-17-9-4-3-8-16-29-20-27(32)25-14-15-28(34-23(2)31)26(19-25)21-30/h5-7,12-15,19,22,27,29-30,32H,3-4,8-11,16-18,20-21H2,1-2H3. The first kappa shape index (κ1) is 28.0. The number of rotatable bonds is 17. The zero-order valence-corrected chi connectivity index (χ0v) is 20.7. The van der Waals surface area contributed by atoms with Crippen LogP contribution in [-0.4, -0.2) is 42.5 Å². The number of benzene rings is 2. The van der Waals surface area contributed by atoms with Gasteiger partial charge < -0.3 is 25.0 Å². The van der Waals surface area contributed by atoms with Crippen molar-refractivity contribution in [3.8, 4) is 5.75 Å². The molecular formula is C28H41NO5. The molecule has 0 aliphatic rings. The second kappa shape index (κ2) is 16.4. The Balaban J connectivity index is 1.47. The average Bonchev–Trinajstić information content (AvgIpc) is 2.84. The molecule has 0 spiro atoms. The number of nitrogens with one attached hydrogen (secondary N) is 1. The smallest absolute Gasteiger partial charge is 0.308 e. The van der Waals surface area contributed by atoms with E-state index in [1.165, 1.54) is 12.5 Å². The van der Waals surface area contributed by atoms with E-state index in [4.69, 9.17) is 9.47 Å². The summed E-state index contributed by atoms with van der Waals surface area (Å²) in [5, 5.41) is 23.2. The lowest BCUT2D eigenvalue weighted by molar-refractivity contribution is -0.131. The van der Waals surface area contributed by atoms with Crippen molar-refractivity contribution in [3.05, 3.63) is 65.2 Å². The van der Waals surface area contributed by atoms with Gasteiger partial charge in [-0.2, -0.15) is 0 Å². The van der Waals surface area contributed by atoms with E-state index >= 15 is 0 Å². The number of hydrogen-bond acceptors (Lipinski definition) is 6. The van der Waals surface area contributed by atoms with E-state index in [0.717, 1.165) is 58.3 Å². The molecule has 6 nitrogen and oxygen atoms in total. The summed E-state index contributed by atoms with van der Waals surface area (Å²) in [6, 6.07) is 15.6. The number of aliphatic hydroxyl groups excluding tert-OH is 2. The fraction of sp³-hybridized carbons (Fsp3) is 0.536. The maximum atomic E-state index is 11.1. The monoisotopic (exact) mass is 471 g/mol. The summed E-state index contributed by atoms with van der Waals surface area (Å²) < 4.78 is 10.8. The highest BCUT2D eigenvalue weighted by molar-refractivity contribution is 5.69. The summed E-state index contributed by atoms with van der Waals surface area (Å²) in [6.07, 6.45) is 5.96. The quantitative estimate of drug-likeness (QED) is 0.173. The summed E-state index contributed by atoms with van der Waals surface area (Å²) in [5.74, 6) is 0.460. The van der Waals surface area contributed by atoms with Crippen LogP contribution in [0.25, 0.3) is 0 Å². The maximum absolute atomic E-state index is 11.1. The van der Waals surface area contributed by atoms with Crippen molar-refractivity contribution in [1.82, 2.24) is 5.32 Å². The van der Waals surface area contributed by atoms with Crippen LogP contribution in [0.3, 0.4) is 0 Å². The number of carbonyl (C=O) groups excluding carboxylic acids is 1. The molecule has 6 heteroatoms. The fourth-order valence-electron chi connectivity index (χ4n) is 3.89. The predicted molar refractivity (Wildman–Crippen MR) is 135 cm³/mol. The third-order valence-electron chi connectivity index (χ3n) is 5.92. The van der Waals surface area contributed by atoms with E-state index < -0.39 is 12.1 Å². The molecule has 3 N–H and O–H groups in total. The molecule has 34 heavy (non-hydrogen) atoms. The van der Waals surface area contributed by atoms with Gasteiger partial charge in [0.05, 0.1) is 12.7 Å². The van der Waals surface area contributed by atoms with Gasteiger partial charge >= 0.3 is 5.97 Å². The highest BCUT2D eigenvalue weighted by atomic mass is 16.5. The minimum absolute atomic E-state index is 0.257. The zero-order valence-electron chi connectivity index (χ0n) is 20.7. The molecule has 0 saturated carbocycles. The van der Waals surface area contributed by atoms with Crippen LogP contribution in [0.15, 0.2) is 48.5 Å². The summed E-state index contributed by atoms with van der Waals surface area (Å²) >= 11 is 0. The summed E-state index contributed by atoms with van der Waals surface area (Å²) in [5.41, 5.74) is 2.57. The molecule has 0 heterocycles. The second-order valence-corrected chi connectivity index (χ2v) is 8.82. The molecule has 0 fully saturated rings. The Kier molecular flexibility index (Phi) is 13.5. The lowest BCUT2D eigenvalue weighted by atomic mass is 9.97. The van der Waals surface area contributed by atoms with Gasteiger partial charge in [-0.1, -0.05) is 56.2 Å². The highest BCUT2D eigenvalue weighted by Gasteiger charge is 2.12. The molecule has 0 bridgehead atoms. The molecule has 0 radical (unpaired) electrons. The number of unbranched alkanes of at least 4 members (excludes halogenated alkanes) is 3. The molecule has 2 rings (SSSR count). The molecule has 2 atom stereocenters. The Morgan fingerprint density at radius 2 is 1.71 bits per heavy atom. The largest absolute Gasteiger partial charge is 0.426 e. The van der Waals surface area contributed by atoms with Crippen LogP contribution in [0.1, 0.15) is 81.1 Å². The molecule has 0 aliphatic carbocycles. The minimum atomic E-state index is -0.685. The van der Waals surface area contributed by atoms with Gasteiger partial charge in [-0.25, -0.2) is 0 Å². The molecule has 2 unspecified atom stereocenters. The van der Waals surface area contributed by atoms with Gasteiger partial charge in [0.2, 0.25) is 0 Å². The fourth-order valence-corrected chi connectivity index (χ4v) is 3.89. The van der Waals surface area contributed by atoms with E-state index in [1.54, 1.807) is 18.2 Å². The Morgan fingerprint density at radius 1 is 0.971 bits per heavy atom. The van der Waals surface area contributed by atoms with Gasteiger partial charge in [-0.15, -0.1) is 0 Å². The lowest BCUT2D eigenvalue weighted by Gasteiger charge is -2.15. The van der Waals surface area contributed by atoms with Crippen LogP contribution in [0.5, 0.6) is 5.75 Å². The number of hydrogen-bond donors (Lipinski definition) is 3. The molecule has 0 saturated heterocycles. The van der Waals surface area contributed by atoms with Gasteiger partial charge in [0.15, 0.2) is 0 Å². The van der Waals surface area contributed by atoms with Gasteiger partial charge in [0, 0.05) is 32.2 Å². The van der Waals surface area contributed by atoms with Crippen molar-refractivity contribution in [2.75, 3.05) is 26.3 Å². The molecule has 2 aromatic carbocycles. The number of carbonyl (C=O) groups is 1. The maximum Gasteiger partial charge on any atom is 0.308 e. The molecule has 188 valence electrons. The van der Waals surface area contributed by atoms with Crippen molar-refractivity contribution in [1.29, 1.82) is 0 Å².